The van der Waals surface area contributed by atoms with Gasteiger partial charge in [0.05, 0.1) is 13.0 Å². The van der Waals surface area contributed by atoms with Gasteiger partial charge in [0.25, 0.3) is 0 Å². The fourth-order valence-corrected chi connectivity index (χ4v) is 2.64. The van der Waals surface area contributed by atoms with Gasteiger partial charge in [0, 0.05) is 19.0 Å². The number of ether oxygens (including phenoxy) is 1. The van der Waals surface area contributed by atoms with Gasteiger partial charge >= 0.3 is 5.97 Å². The topological polar surface area (TPSA) is 38.3 Å². The van der Waals surface area contributed by atoms with Crippen molar-refractivity contribution in [3.63, 3.8) is 0 Å². The van der Waals surface area contributed by atoms with E-state index in [1.807, 2.05) is 5.38 Å². The molecule has 2 atom stereocenters. The summed E-state index contributed by atoms with van der Waals surface area (Å²) in [5.74, 6) is 0.162. The lowest BCUT2D eigenvalue weighted by atomic mass is 9.91. The highest BCUT2D eigenvalue weighted by atomic mass is 35.5. The summed E-state index contributed by atoms with van der Waals surface area (Å²) in [6.45, 7) is 1.60. The molecule has 0 unspecified atom stereocenters. The fourth-order valence-electron chi connectivity index (χ4n) is 1.91. The van der Waals surface area contributed by atoms with Crippen LogP contribution in [0.25, 0.3) is 0 Å². The standard InChI is InChI=1S/C10H13NO2S.ClH/c1-13-10(12)9-5-11-4-8(9)7-2-3-14-6-7;/h2-3,6,8-9,11H,4-5H2,1H3;1H/t8-,9+;/m0./s1. The van der Waals surface area contributed by atoms with Crippen LogP contribution < -0.4 is 5.32 Å². The van der Waals surface area contributed by atoms with Gasteiger partial charge in [-0.1, -0.05) is 0 Å². The van der Waals surface area contributed by atoms with Gasteiger partial charge in [0.2, 0.25) is 0 Å². The van der Waals surface area contributed by atoms with E-state index in [4.69, 9.17) is 4.74 Å². The van der Waals surface area contributed by atoms with Gasteiger partial charge in [0.15, 0.2) is 0 Å². The molecule has 1 aliphatic rings. The Balaban J connectivity index is 0.00000112. The second kappa shape index (κ2) is 5.49. The Morgan fingerprint density at radius 1 is 1.60 bits per heavy atom. The fraction of sp³-hybridized carbons (Fsp3) is 0.500. The SMILES string of the molecule is COC(=O)[C@@H]1CNC[C@H]1c1ccsc1.Cl. The Hall–Kier alpha value is -0.580. The van der Waals surface area contributed by atoms with Crippen molar-refractivity contribution in [3.8, 4) is 0 Å². The zero-order chi connectivity index (χ0) is 9.97. The molecule has 2 heterocycles. The Bertz CT molecular complexity index is 315. The molecule has 0 aliphatic carbocycles. The molecule has 3 nitrogen and oxygen atoms in total. The maximum Gasteiger partial charge on any atom is 0.310 e. The number of carbonyl (C=O) groups excluding carboxylic acids is 1. The molecule has 1 aliphatic heterocycles. The van der Waals surface area contributed by atoms with Crippen molar-refractivity contribution in [1.82, 2.24) is 5.32 Å². The van der Waals surface area contributed by atoms with Crippen molar-refractivity contribution in [2.45, 2.75) is 5.92 Å². The lowest BCUT2D eigenvalue weighted by molar-refractivity contribution is -0.145. The number of rotatable bonds is 2. The zero-order valence-corrected chi connectivity index (χ0v) is 10.1. The van der Waals surface area contributed by atoms with E-state index in [0.29, 0.717) is 0 Å². The summed E-state index contributed by atoms with van der Waals surface area (Å²) in [4.78, 5) is 11.5. The van der Waals surface area contributed by atoms with Gasteiger partial charge in [-0.05, 0) is 22.4 Å². The van der Waals surface area contributed by atoms with Crippen LogP contribution in [0.3, 0.4) is 0 Å². The highest BCUT2D eigenvalue weighted by Gasteiger charge is 2.34. The second-order valence-electron chi connectivity index (χ2n) is 3.45. The number of hydrogen-bond acceptors (Lipinski definition) is 4. The lowest BCUT2D eigenvalue weighted by Gasteiger charge is -2.14. The predicted octanol–water partition coefficient (Wildman–Crippen LogP) is 1.65. The first-order valence-corrected chi connectivity index (χ1v) is 5.58. The molecular formula is C10H14ClNO2S. The van der Waals surface area contributed by atoms with Gasteiger partial charge in [-0.25, -0.2) is 0 Å². The van der Waals surface area contributed by atoms with Crippen LogP contribution in [0.1, 0.15) is 11.5 Å². The second-order valence-corrected chi connectivity index (χ2v) is 4.23. The minimum absolute atomic E-state index is 0. The average molecular weight is 248 g/mol. The summed E-state index contributed by atoms with van der Waals surface area (Å²) >= 11 is 1.67. The van der Waals surface area contributed by atoms with Crippen LogP contribution in [-0.4, -0.2) is 26.2 Å². The molecule has 84 valence electrons. The molecule has 5 heteroatoms. The number of hydrogen-bond donors (Lipinski definition) is 1. The van der Waals surface area contributed by atoms with Crippen molar-refractivity contribution in [2.24, 2.45) is 5.92 Å². The van der Waals surface area contributed by atoms with Crippen molar-refractivity contribution in [1.29, 1.82) is 0 Å². The number of nitrogens with one attached hydrogen (secondary N) is 1. The van der Waals surface area contributed by atoms with E-state index in [0.717, 1.165) is 13.1 Å². The van der Waals surface area contributed by atoms with Crippen LogP contribution in [0.4, 0.5) is 0 Å². The predicted molar refractivity (Wildman–Crippen MR) is 62.7 cm³/mol. The molecule has 1 aromatic rings. The van der Waals surface area contributed by atoms with Gasteiger partial charge in [0.1, 0.15) is 0 Å². The Morgan fingerprint density at radius 2 is 2.40 bits per heavy atom. The summed E-state index contributed by atoms with van der Waals surface area (Å²) in [6.07, 6.45) is 0. The molecule has 0 amide bonds. The molecule has 1 saturated heterocycles. The molecule has 2 rings (SSSR count). The minimum atomic E-state index is -0.105. The molecule has 0 radical (unpaired) electrons. The summed E-state index contributed by atoms with van der Waals surface area (Å²) in [7, 11) is 1.45. The summed E-state index contributed by atoms with van der Waals surface area (Å²) < 4.78 is 4.79. The van der Waals surface area contributed by atoms with Crippen LogP contribution in [0, 0.1) is 5.92 Å². The van der Waals surface area contributed by atoms with Crippen LogP contribution in [0.5, 0.6) is 0 Å². The number of carbonyl (C=O) groups is 1. The molecule has 0 aromatic carbocycles. The highest BCUT2D eigenvalue weighted by molar-refractivity contribution is 7.08. The van der Waals surface area contributed by atoms with E-state index >= 15 is 0 Å². The first-order valence-electron chi connectivity index (χ1n) is 4.63. The van der Waals surface area contributed by atoms with Crippen LogP contribution >= 0.6 is 23.7 Å². The van der Waals surface area contributed by atoms with Crippen molar-refractivity contribution >= 4 is 29.7 Å². The normalized spacial score (nSPS) is 24.6. The molecule has 1 fully saturated rings. The quantitative estimate of drug-likeness (QED) is 0.808. The third-order valence-corrected chi connectivity index (χ3v) is 3.39. The summed E-state index contributed by atoms with van der Waals surface area (Å²) in [5.41, 5.74) is 1.25. The zero-order valence-electron chi connectivity index (χ0n) is 8.43. The number of halogens is 1. The van der Waals surface area contributed by atoms with E-state index in [1.54, 1.807) is 11.3 Å². The van der Waals surface area contributed by atoms with Gasteiger partial charge < -0.3 is 10.1 Å². The molecule has 15 heavy (non-hydrogen) atoms. The molecule has 0 spiro atoms. The molecule has 0 saturated carbocycles. The number of methoxy groups -OCH3 is 1. The van der Waals surface area contributed by atoms with Crippen molar-refractivity contribution in [3.05, 3.63) is 22.4 Å². The summed E-state index contributed by atoms with van der Waals surface area (Å²) in [5, 5.41) is 7.38. The van der Waals surface area contributed by atoms with Gasteiger partial charge in [-0.15, -0.1) is 12.4 Å². The Kier molecular flexibility index (Phi) is 4.57. The molecule has 1 N–H and O–H groups in total. The number of esters is 1. The van der Waals surface area contributed by atoms with Crippen LogP contribution in [-0.2, 0) is 9.53 Å². The molecule has 1 aromatic heterocycles. The van der Waals surface area contributed by atoms with Crippen molar-refractivity contribution < 1.29 is 9.53 Å². The molecular weight excluding hydrogens is 234 g/mol. The number of thiophene rings is 1. The smallest absolute Gasteiger partial charge is 0.310 e. The van der Waals surface area contributed by atoms with Crippen LogP contribution in [0.15, 0.2) is 16.8 Å². The van der Waals surface area contributed by atoms with E-state index in [9.17, 15) is 4.79 Å². The first kappa shape index (κ1) is 12.5. The average Bonchev–Trinajstić information content (AvgIpc) is 2.85. The maximum absolute atomic E-state index is 11.5. The Morgan fingerprint density at radius 3 is 3.00 bits per heavy atom. The third kappa shape index (κ3) is 2.51. The third-order valence-electron chi connectivity index (χ3n) is 2.69. The minimum Gasteiger partial charge on any atom is -0.469 e. The summed E-state index contributed by atoms with van der Waals surface area (Å²) in [6, 6.07) is 2.08. The van der Waals surface area contributed by atoms with Crippen LogP contribution in [0.2, 0.25) is 0 Å². The lowest BCUT2D eigenvalue weighted by Crippen LogP contribution is -2.22. The van der Waals surface area contributed by atoms with E-state index in [2.05, 4.69) is 16.8 Å². The molecule has 0 bridgehead atoms. The van der Waals surface area contributed by atoms with Crippen molar-refractivity contribution in [2.75, 3.05) is 20.2 Å². The highest BCUT2D eigenvalue weighted by Crippen LogP contribution is 2.30. The first-order chi connectivity index (χ1) is 6.83. The Labute approximate surface area is 99.2 Å². The maximum atomic E-state index is 11.5. The van der Waals surface area contributed by atoms with E-state index < -0.39 is 0 Å². The monoisotopic (exact) mass is 247 g/mol. The largest absolute Gasteiger partial charge is 0.469 e. The van der Waals surface area contributed by atoms with Gasteiger partial charge in [-0.2, -0.15) is 11.3 Å². The van der Waals surface area contributed by atoms with E-state index in [-0.39, 0.29) is 30.2 Å². The van der Waals surface area contributed by atoms with E-state index in [1.165, 1.54) is 12.7 Å². The van der Waals surface area contributed by atoms with Gasteiger partial charge in [-0.3, -0.25) is 4.79 Å².